The van der Waals surface area contributed by atoms with Gasteiger partial charge in [-0.15, -0.1) is 0 Å². The number of hydrogen-bond acceptors (Lipinski definition) is 6. The molecule has 2 atom stereocenters. The van der Waals surface area contributed by atoms with E-state index in [-0.39, 0.29) is 45.2 Å². The summed E-state index contributed by atoms with van der Waals surface area (Å²) in [5.41, 5.74) is 19.5. The molecule has 1 fully saturated rings. The van der Waals surface area contributed by atoms with Gasteiger partial charge in [-0.2, -0.15) is 12.1 Å². The Morgan fingerprint density at radius 1 is 1.02 bits per heavy atom. The number of nitrogens with zero attached hydrogens (tertiary/aromatic N) is 1. The number of carbonyl (C=O) groups is 3. The zero-order chi connectivity index (χ0) is 31.0. The second-order valence-electron chi connectivity index (χ2n) is 11.6. The molecule has 0 aliphatic heterocycles. The van der Waals surface area contributed by atoms with Crippen molar-refractivity contribution in [2.45, 2.75) is 91.6 Å². The van der Waals surface area contributed by atoms with Crippen molar-refractivity contribution in [3.05, 3.63) is 70.2 Å². The molecule has 238 valence electrons. The molecule has 0 spiro atoms. The Morgan fingerprint density at radius 3 is 2.17 bits per heavy atom. The van der Waals surface area contributed by atoms with E-state index in [1.165, 1.54) is 36.8 Å². The smallest absolute Gasteiger partial charge is 0.676 e. The van der Waals surface area contributed by atoms with Crippen molar-refractivity contribution >= 4 is 17.9 Å². The number of aliphatic carboxylic acids is 2. The van der Waals surface area contributed by atoms with E-state index in [0.717, 1.165) is 35.3 Å². The Morgan fingerprint density at radius 2 is 1.64 bits per heavy atom. The predicted octanol–water partition coefficient (Wildman–Crippen LogP) is 5.60. The molecule has 0 amide bonds. The first-order valence-corrected chi connectivity index (χ1v) is 14.3. The zero-order valence-electron chi connectivity index (χ0n) is 25.6. The van der Waals surface area contributed by atoms with Gasteiger partial charge < -0.3 is 31.2 Å². The van der Waals surface area contributed by atoms with Crippen LogP contribution in [0, 0.1) is 5.41 Å². The zero-order valence-corrected chi connectivity index (χ0v) is 27.9. The summed E-state index contributed by atoms with van der Waals surface area (Å²) in [6.07, 6.45) is 19.8. The van der Waals surface area contributed by atoms with Crippen LogP contribution in [0.25, 0.3) is 11.5 Å². The number of ether oxygens (including phenoxy) is 1. The van der Waals surface area contributed by atoms with Crippen LogP contribution in [0.2, 0.25) is 0 Å². The van der Waals surface area contributed by atoms with Gasteiger partial charge in [0.2, 0.25) is 0 Å². The van der Waals surface area contributed by atoms with Crippen molar-refractivity contribution in [2.24, 2.45) is 5.41 Å². The number of carboxylic acid groups (broad SMARTS) is 2. The van der Waals surface area contributed by atoms with Gasteiger partial charge in [0.25, 0.3) is 0 Å². The van der Waals surface area contributed by atoms with Gasteiger partial charge in [-0.25, -0.2) is 0 Å². The minimum atomic E-state index is -1.46. The van der Waals surface area contributed by atoms with E-state index in [1.54, 1.807) is 6.92 Å². The standard InChI is InChI=1S/C26H37NO6.C6H12N2.Pt/c1-19(10-7-13-22-21(3)12-8-14-26(22,4)5)9-6-11-20(2)18-33-25(32)17-27(15-23(28)29)16-24(30)31;7-5-3-1-2-4-6(5)8;/h6-7,9-11,13H,8,12,14-18H2,1-5H3,(H,28,29)(H,30,31);5-8H,1-4H2;/q;-2;+2/p-1/b9-6+,13-7+,19-10+,20-11+;;/t;5-,6-;/m.1./s1. The largest absolute Gasteiger partial charge is 2.00 e. The summed E-state index contributed by atoms with van der Waals surface area (Å²) in [4.78, 5) is 34.3. The minimum absolute atomic E-state index is 0. The summed E-state index contributed by atoms with van der Waals surface area (Å²) in [5.74, 6) is -3.40. The summed E-state index contributed by atoms with van der Waals surface area (Å²) in [7, 11) is 0. The van der Waals surface area contributed by atoms with E-state index in [4.69, 9.17) is 21.3 Å². The number of rotatable bonds is 12. The fraction of sp³-hybridized carbons (Fsp3) is 0.594. The van der Waals surface area contributed by atoms with E-state index in [2.05, 4.69) is 39.0 Å². The molecule has 9 nitrogen and oxygen atoms in total. The van der Waals surface area contributed by atoms with Crippen LogP contribution in [-0.4, -0.2) is 66.2 Å². The average molecular weight is 766 g/mol. The molecule has 0 heterocycles. The van der Waals surface area contributed by atoms with Crippen LogP contribution in [0.15, 0.2) is 58.7 Å². The van der Waals surface area contributed by atoms with Gasteiger partial charge in [0.1, 0.15) is 6.61 Å². The molecule has 1 saturated carbocycles. The molecule has 2 aliphatic carbocycles. The summed E-state index contributed by atoms with van der Waals surface area (Å²) >= 11 is 0. The average Bonchev–Trinajstić information content (AvgIpc) is 2.86. The third kappa shape index (κ3) is 17.0. The van der Waals surface area contributed by atoms with Crippen LogP contribution in [0.3, 0.4) is 0 Å². The molecule has 2 rings (SSSR count). The minimum Gasteiger partial charge on any atom is -0.676 e. The molecule has 0 aromatic heterocycles. The quantitative estimate of drug-likeness (QED) is 0.201. The fourth-order valence-corrected chi connectivity index (χ4v) is 4.87. The van der Waals surface area contributed by atoms with Crippen LogP contribution >= 0.6 is 0 Å². The first-order valence-electron chi connectivity index (χ1n) is 14.3. The number of hydrogen-bond donors (Lipinski definition) is 1. The monoisotopic (exact) mass is 765 g/mol. The van der Waals surface area contributed by atoms with Crippen molar-refractivity contribution < 1.29 is 50.4 Å². The van der Waals surface area contributed by atoms with E-state index in [0.29, 0.717) is 0 Å². The van der Waals surface area contributed by atoms with Crippen LogP contribution in [-0.2, 0) is 40.2 Å². The van der Waals surface area contributed by atoms with E-state index in [1.807, 2.05) is 25.2 Å². The molecule has 10 heteroatoms. The molecule has 0 radical (unpaired) electrons. The summed E-state index contributed by atoms with van der Waals surface area (Å²) < 4.78 is 5.10. The van der Waals surface area contributed by atoms with E-state index in [9.17, 15) is 19.5 Å². The third-order valence-electron chi connectivity index (χ3n) is 7.20. The van der Waals surface area contributed by atoms with Crippen molar-refractivity contribution in [1.82, 2.24) is 4.90 Å². The summed E-state index contributed by atoms with van der Waals surface area (Å²) in [6.45, 7) is 8.94. The summed E-state index contributed by atoms with van der Waals surface area (Å²) in [6, 6.07) is -0.160. The second kappa shape index (κ2) is 20.6. The van der Waals surface area contributed by atoms with Crippen molar-refractivity contribution in [3.8, 4) is 0 Å². The maximum Gasteiger partial charge on any atom is 2.00 e. The number of nitrogens with one attached hydrogen (secondary N) is 2. The molecular formula is C32H48N3O6Pt-. The van der Waals surface area contributed by atoms with Crippen LogP contribution in [0.4, 0.5) is 0 Å². The maximum atomic E-state index is 11.9. The number of esters is 1. The molecule has 42 heavy (non-hydrogen) atoms. The molecule has 0 aromatic carbocycles. The summed E-state index contributed by atoms with van der Waals surface area (Å²) in [5, 5.41) is 19.5. The van der Waals surface area contributed by atoms with Gasteiger partial charge in [-0.3, -0.25) is 14.5 Å². The molecule has 0 saturated heterocycles. The van der Waals surface area contributed by atoms with Gasteiger partial charge in [0.05, 0.1) is 19.1 Å². The Kier molecular flexibility index (Phi) is 19.4. The topological polar surface area (TPSA) is 155 Å². The molecule has 3 N–H and O–H groups in total. The Labute approximate surface area is 266 Å². The second-order valence-corrected chi connectivity index (χ2v) is 11.6. The predicted molar refractivity (Wildman–Crippen MR) is 161 cm³/mol. The van der Waals surface area contributed by atoms with E-state index >= 15 is 0 Å². The van der Waals surface area contributed by atoms with E-state index < -0.39 is 37.5 Å². The van der Waals surface area contributed by atoms with Crippen molar-refractivity contribution in [1.29, 1.82) is 0 Å². The number of carbonyl (C=O) groups excluding carboxylic acids is 2. The van der Waals surface area contributed by atoms with Gasteiger partial charge in [-0.05, 0) is 56.6 Å². The number of allylic oxidation sites excluding steroid dienone is 9. The Hall–Kier alpha value is -2.32. The Balaban J connectivity index is 0.00000160. The SMILES string of the molecule is CC1=C(/C=C/C=C(C)/C=C/C=C(\C)COC(=O)CN(CC(=O)[O-])CC(=O)O)C(C)(C)CCC1.[NH-][C@@H]1CCCC[C@H]1[NH-].[Pt+2]. The van der Waals surface area contributed by atoms with Gasteiger partial charge in [0.15, 0.2) is 0 Å². The van der Waals surface area contributed by atoms with Crippen LogP contribution in [0.1, 0.15) is 79.6 Å². The van der Waals surface area contributed by atoms with Crippen molar-refractivity contribution in [2.75, 3.05) is 26.2 Å². The molecule has 0 unspecified atom stereocenters. The van der Waals surface area contributed by atoms with Gasteiger partial charge >= 0.3 is 33.0 Å². The molecular weight excluding hydrogens is 717 g/mol. The Bertz CT molecular complexity index is 1020. The maximum absolute atomic E-state index is 11.9. The van der Waals surface area contributed by atoms with Crippen molar-refractivity contribution in [3.63, 3.8) is 0 Å². The molecule has 2 aliphatic rings. The normalized spacial score (nSPS) is 21.1. The fourth-order valence-electron chi connectivity index (χ4n) is 4.87. The first kappa shape index (κ1) is 39.7. The molecule has 0 aromatic rings. The third-order valence-corrected chi connectivity index (χ3v) is 7.20. The van der Waals surface area contributed by atoms with Gasteiger partial charge in [0, 0.05) is 6.54 Å². The van der Waals surface area contributed by atoms with Crippen LogP contribution < -0.4 is 5.11 Å². The first-order chi connectivity index (χ1) is 19.2. The molecule has 0 bridgehead atoms. The van der Waals surface area contributed by atoms with Gasteiger partial charge in [-0.1, -0.05) is 87.1 Å². The van der Waals surface area contributed by atoms with Crippen LogP contribution in [0.5, 0.6) is 0 Å². The number of carboxylic acids is 2.